The van der Waals surface area contributed by atoms with Gasteiger partial charge in [-0.25, -0.2) is 15.0 Å². The fourth-order valence-corrected chi connectivity index (χ4v) is 8.51. The summed E-state index contributed by atoms with van der Waals surface area (Å²) in [7, 11) is 0. The number of nitrogens with zero attached hydrogens (tertiary/aromatic N) is 5. The highest BCUT2D eigenvalue weighted by molar-refractivity contribution is 6.14. The van der Waals surface area contributed by atoms with Gasteiger partial charge in [-0.3, -0.25) is 0 Å². The quantitative estimate of drug-likeness (QED) is 0.169. The van der Waals surface area contributed by atoms with Crippen molar-refractivity contribution in [2.45, 2.75) is 6.18 Å². The van der Waals surface area contributed by atoms with Crippen LogP contribution in [0.4, 0.5) is 13.2 Å². The van der Waals surface area contributed by atoms with E-state index in [0.29, 0.717) is 45.0 Å². The molecular weight excluding hydrogens is 752 g/mol. The Morgan fingerprint density at radius 1 is 0.367 bits per heavy atom. The highest BCUT2D eigenvalue weighted by Crippen LogP contribution is 2.43. The number of rotatable bonds is 6. The minimum absolute atomic E-state index is 0.424. The normalized spacial score (nSPS) is 11.9. The fourth-order valence-electron chi connectivity index (χ4n) is 8.51. The van der Waals surface area contributed by atoms with Crippen molar-refractivity contribution in [2.24, 2.45) is 0 Å². The van der Waals surface area contributed by atoms with Crippen LogP contribution in [-0.2, 0) is 6.18 Å². The molecule has 0 saturated heterocycles. The lowest BCUT2D eigenvalue weighted by Crippen LogP contribution is -2.05. The van der Waals surface area contributed by atoms with Gasteiger partial charge in [0.05, 0.1) is 33.3 Å². The largest absolute Gasteiger partial charge is 0.416 e. The van der Waals surface area contributed by atoms with E-state index < -0.39 is 11.7 Å². The average molecular weight is 784 g/mol. The molecule has 11 aromatic rings. The first-order valence-corrected chi connectivity index (χ1v) is 19.6. The summed E-state index contributed by atoms with van der Waals surface area (Å²) in [6.07, 6.45) is -4.50. The molecule has 0 unspecified atom stereocenters. The number of halogens is 3. The molecule has 0 aliphatic rings. The summed E-state index contributed by atoms with van der Waals surface area (Å²) in [4.78, 5) is 15.3. The van der Waals surface area contributed by atoms with Crippen molar-refractivity contribution in [2.75, 3.05) is 0 Å². The molecule has 0 radical (unpaired) electrons. The summed E-state index contributed by atoms with van der Waals surface area (Å²) in [5.74, 6) is 1.42. The van der Waals surface area contributed by atoms with Crippen molar-refractivity contribution in [3.05, 3.63) is 200 Å². The van der Waals surface area contributed by atoms with Gasteiger partial charge in [0.15, 0.2) is 17.5 Å². The number of hydrogen-bond acceptors (Lipinski definition) is 3. The van der Waals surface area contributed by atoms with Gasteiger partial charge in [-0.1, -0.05) is 140 Å². The predicted molar refractivity (Wildman–Crippen MR) is 235 cm³/mol. The molecule has 0 fully saturated rings. The second-order valence-corrected chi connectivity index (χ2v) is 14.7. The molecule has 0 spiro atoms. The molecule has 0 bridgehead atoms. The summed E-state index contributed by atoms with van der Waals surface area (Å²) < 4.78 is 46.9. The van der Waals surface area contributed by atoms with E-state index >= 15 is 0 Å². The smallest absolute Gasteiger partial charge is 0.309 e. The van der Waals surface area contributed by atoms with E-state index in [0.717, 1.165) is 61.3 Å². The third-order valence-electron chi connectivity index (χ3n) is 11.2. The van der Waals surface area contributed by atoms with Gasteiger partial charge in [0.2, 0.25) is 0 Å². The molecule has 60 heavy (non-hydrogen) atoms. The average Bonchev–Trinajstić information content (AvgIpc) is 3.82. The zero-order valence-corrected chi connectivity index (χ0v) is 31.8. The van der Waals surface area contributed by atoms with Gasteiger partial charge in [0, 0.05) is 49.5 Å². The van der Waals surface area contributed by atoms with Crippen molar-refractivity contribution >= 4 is 43.6 Å². The van der Waals surface area contributed by atoms with Crippen LogP contribution < -0.4 is 0 Å². The molecule has 8 aromatic carbocycles. The van der Waals surface area contributed by atoms with Crippen LogP contribution in [0.5, 0.6) is 0 Å². The van der Waals surface area contributed by atoms with Gasteiger partial charge in [-0.15, -0.1) is 0 Å². The van der Waals surface area contributed by atoms with E-state index in [1.807, 2.05) is 114 Å². The first-order valence-electron chi connectivity index (χ1n) is 19.6. The number of benzene rings is 8. The van der Waals surface area contributed by atoms with Crippen LogP contribution in [-0.4, -0.2) is 24.1 Å². The van der Waals surface area contributed by atoms with Gasteiger partial charge >= 0.3 is 6.18 Å². The van der Waals surface area contributed by atoms with Gasteiger partial charge < -0.3 is 9.13 Å². The summed E-state index contributed by atoms with van der Waals surface area (Å²) >= 11 is 0. The molecule has 0 aliphatic carbocycles. The second kappa shape index (κ2) is 13.9. The first kappa shape index (κ1) is 35.3. The van der Waals surface area contributed by atoms with E-state index in [2.05, 4.69) is 71.3 Å². The van der Waals surface area contributed by atoms with E-state index in [1.54, 1.807) is 6.07 Å². The number of hydrogen-bond donors (Lipinski definition) is 0. The maximum Gasteiger partial charge on any atom is 0.416 e. The monoisotopic (exact) mass is 783 g/mol. The molecule has 11 rings (SSSR count). The van der Waals surface area contributed by atoms with Crippen LogP contribution in [0.1, 0.15) is 5.56 Å². The van der Waals surface area contributed by atoms with Gasteiger partial charge in [0.25, 0.3) is 0 Å². The van der Waals surface area contributed by atoms with Crippen molar-refractivity contribution < 1.29 is 13.2 Å². The van der Waals surface area contributed by atoms with Gasteiger partial charge in [0.1, 0.15) is 0 Å². The minimum atomic E-state index is -4.50. The van der Waals surface area contributed by atoms with E-state index in [1.165, 1.54) is 6.07 Å². The molecule has 0 saturated carbocycles. The van der Waals surface area contributed by atoms with Gasteiger partial charge in [-0.05, 0) is 60.2 Å². The van der Waals surface area contributed by atoms with E-state index in [4.69, 9.17) is 15.0 Å². The Kier molecular flexibility index (Phi) is 8.20. The highest BCUT2D eigenvalue weighted by atomic mass is 19.4. The Bertz CT molecular complexity index is 3350. The number of fused-ring (bicyclic) bond motifs is 6. The van der Waals surface area contributed by atoms with E-state index in [-0.39, 0.29) is 0 Å². The Balaban J connectivity index is 1.24. The summed E-state index contributed by atoms with van der Waals surface area (Å²) in [6, 6.07) is 62.5. The zero-order valence-electron chi connectivity index (χ0n) is 31.8. The number of alkyl halides is 3. The van der Waals surface area contributed by atoms with Crippen LogP contribution in [0.25, 0.3) is 100 Å². The van der Waals surface area contributed by atoms with Crippen LogP contribution in [0.2, 0.25) is 0 Å². The first-order chi connectivity index (χ1) is 29.4. The van der Waals surface area contributed by atoms with Crippen molar-refractivity contribution in [3.63, 3.8) is 0 Å². The van der Waals surface area contributed by atoms with Crippen LogP contribution >= 0.6 is 0 Å². The molecular formula is C52H32F3N5. The maximum absolute atomic E-state index is 14.2. The van der Waals surface area contributed by atoms with Crippen molar-refractivity contribution in [1.29, 1.82) is 0 Å². The Hall–Kier alpha value is -7.84. The topological polar surface area (TPSA) is 48.5 Å². The number of para-hydroxylation sites is 4. The lowest BCUT2D eigenvalue weighted by atomic mass is 9.98. The Labute approximate surface area is 342 Å². The van der Waals surface area contributed by atoms with Crippen LogP contribution in [0.3, 0.4) is 0 Å². The summed E-state index contributed by atoms with van der Waals surface area (Å²) in [5.41, 5.74) is 8.82. The van der Waals surface area contributed by atoms with Crippen LogP contribution in [0.15, 0.2) is 194 Å². The van der Waals surface area contributed by atoms with Crippen LogP contribution in [0, 0.1) is 0 Å². The fraction of sp³-hybridized carbons (Fsp3) is 0.0192. The lowest BCUT2D eigenvalue weighted by molar-refractivity contribution is -0.137. The molecule has 0 N–H and O–H groups in total. The standard InChI is InChI=1S/C52H32F3N5/c53-52(54,55)36-28-30-46-42(32-36)40-22-11-13-26-45(40)60(46)47-29-27-35(38-23-14-24-41-39-21-10-12-25-44(39)59(48(38)41)37-19-8-3-9-20-37)31-43(47)51-57-49(33-15-4-1-5-16-33)56-50(58-51)34-17-6-2-7-18-34/h1-32H. The summed E-state index contributed by atoms with van der Waals surface area (Å²) in [5, 5.41) is 3.45. The highest BCUT2D eigenvalue weighted by Gasteiger charge is 2.31. The third-order valence-corrected chi connectivity index (χ3v) is 11.2. The number of aromatic nitrogens is 5. The molecule has 0 atom stereocenters. The SMILES string of the molecule is FC(F)(F)c1ccc2c(c1)c1ccccc1n2-c1ccc(-c2cccc3c4ccccc4n(-c4ccccc4)c23)cc1-c1nc(-c2ccccc2)nc(-c2ccccc2)n1. The molecule has 5 nitrogen and oxygen atoms in total. The third kappa shape index (κ3) is 5.83. The summed E-state index contributed by atoms with van der Waals surface area (Å²) in [6.45, 7) is 0. The van der Waals surface area contributed by atoms with E-state index in [9.17, 15) is 13.2 Å². The second-order valence-electron chi connectivity index (χ2n) is 14.7. The molecule has 0 aliphatic heterocycles. The Morgan fingerprint density at radius 2 is 0.900 bits per heavy atom. The van der Waals surface area contributed by atoms with Gasteiger partial charge in [-0.2, -0.15) is 13.2 Å². The minimum Gasteiger partial charge on any atom is -0.309 e. The maximum atomic E-state index is 14.2. The predicted octanol–water partition coefficient (Wildman–Crippen LogP) is 13.8. The molecule has 8 heteroatoms. The molecule has 286 valence electrons. The van der Waals surface area contributed by atoms with Crippen molar-refractivity contribution in [1.82, 2.24) is 24.1 Å². The molecule has 3 aromatic heterocycles. The zero-order chi connectivity index (χ0) is 40.4. The van der Waals surface area contributed by atoms with Crippen molar-refractivity contribution in [3.8, 4) is 56.7 Å². The molecule has 3 heterocycles. The molecule has 0 amide bonds. The lowest BCUT2D eigenvalue weighted by Gasteiger charge is -2.17. The Morgan fingerprint density at radius 3 is 1.55 bits per heavy atom.